The van der Waals surface area contributed by atoms with Crippen molar-refractivity contribution in [2.45, 2.75) is 31.7 Å². The van der Waals surface area contributed by atoms with E-state index in [0.29, 0.717) is 12.2 Å². The summed E-state index contributed by atoms with van der Waals surface area (Å²) in [5.41, 5.74) is 4.02. The summed E-state index contributed by atoms with van der Waals surface area (Å²) in [6, 6.07) is 16.4. The molecule has 33 heavy (non-hydrogen) atoms. The van der Waals surface area contributed by atoms with E-state index in [2.05, 4.69) is 22.6 Å². The molecule has 1 aliphatic rings. The SMILES string of the molecule is Cn1cc(-c2ccc(F)cc2)c(C(=O)N2CCCCC2Cc2nc(-c3ccccc3)cs2)n1. The summed E-state index contributed by atoms with van der Waals surface area (Å²) in [6.07, 6.45) is 5.59. The molecule has 7 heteroatoms. The summed E-state index contributed by atoms with van der Waals surface area (Å²) in [6.45, 7) is 0.708. The molecule has 3 heterocycles. The number of hydrogen-bond donors (Lipinski definition) is 0. The van der Waals surface area contributed by atoms with Gasteiger partial charge in [0.1, 0.15) is 5.82 Å². The molecule has 4 aromatic rings. The average Bonchev–Trinajstić information content (AvgIpc) is 3.47. The van der Waals surface area contributed by atoms with E-state index >= 15 is 0 Å². The standard InChI is InChI=1S/C26H25FN4OS/c1-30-16-22(18-10-12-20(27)13-11-18)25(29-30)26(32)31-14-6-5-9-21(31)15-24-28-23(17-33-24)19-7-3-2-4-8-19/h2-4,7-8,10-13,16-17,21H,5-6,9,14-15H2,1H3. The topological polar surface area (TPSA) is 51.0 Å². The summed E-state index contributed by atoms with van der Waals surface area (Å²) in [4.78, 5) is 20.5. The molecular weight excluding hydrogens is 435 g/mol. The minimum absolute atomic E-state index is 0.0699. The van der Waals surface area contributed by atoms with Crippen LogP contribution >= 0.6 is 11.3 Å². The van der Waals surface area contributed by atoms with Crippen molar-refractivity contribution >= 4 is 17.2 Å². The van der Waals surface area contributed by atoms with Crippen molar-refractivity contribution in [2.24, 2.45) is 7.05 Å². The molecule has 2 aromatic carbocycles. The highest BCUT2D eigenvalue weighted by molar-refractivity contribution is 7.09. The molecule has 2 aromatic heterocycles. The number of aromatic nitrogens is 3. The average molecular weight is 461 g/mol. The maximum Gasteiger partial charge on any atom is 0.275 e. The second-order valence-corrected chi connectivity index (χ2v) is 9.36. The van der Waals surface area contributed by atoms with E-state index in [1.807, 2.05) is 29.3 Å². The van der Waals surface area contributed by atoms with Crippen LogP contribution in [0.3, 0.4) is 0 Å². The summed E-state index contributed by atoms with van der Waals surface area (Å²) in [5, 5.41) is 7.62. The third-order valence-corrected chi connectivity index (χ3v) is 6.98. The van der Waals surface area contributed by atoms with Gasteiger partial charge in [-0.15, -0.1) is 11.3 Å². The minimum atomic E-state index is -0.301. The first-order valence-electron chi connectivity index (χ1n) is 11.2. The lowest BCUT2D eigenvalue weighted by molar-refractivity contribution is 0.0607. The van der Waals surface area contributed by atoms with Gasteiger partial charge in [-0.25, -0.2) is 9.37 Å². The van der Waals surface area contributed by atoms with Crippen molar-refractivity contribution in [3.8, 4) is 22.4 Å². The molecular formula is C26H25FN4OS. The van der Waals surface area contributed by atoms with E-state index in [9.17, 15) is 9.18 Å². The first-order chi connectivity index (χ1) is 16.1. The number of nitrogens with zero attached hydrogens (tertiary/aromatic N) is 4. The van der Waals surface area contributed by atoms with Crippen LogP contribution in [0, 0.1) is 5.82 Å². The number of amides is 1. The number of hydrogen-bond acceptors (Lipinski definition) is 4. The molecule has 0 aliphatic carbocycles. The molecule has 168 valence electrons. The van der Waals surface area contributed by atoms with Gasteiger partial charge >= 0.3 is 0 Å². The Bertz CT molecular complexity index is 1250. The lowest BCUT2D eigenvalue weighted by atomic mass is 9.98. The number of piperidine rings is 1. The maximum absolute atomic E-state index is 13.7. The Balaban J connectivity index is 1.39. The molecule has 0 bridgehead atoms. The number of aryl methyl sites for hydroxylation is 1. The van der Waals surface area contributed by atoms with Crippen molar-refractivity contribution in [3.63, 3.8) is 0 Å². The monoisotopic (exact) mass is 460 g/mol. The molecule has 1 amide bonds. The second kappa shape index (κ2) is 9.27. The van der Waals surface area contributed by atoms with Crippen LogP contribution in [0.5, 0.6) is 0 Å². The number of likely N-dealkylation sites (tertiary alicyclic amines) is 1. The summed E-state index contributed by atoms with van der Waals surface area (Å²) in [5.74, 6) is -0.371. The fourth-order valence-electron chi connectivity index (χ4n) is 4.45. The van der Waals surface area contributed by atoms with E-state index < -0.39 is 0 Å². The number of carbonyl (C=O) groups is 1. The Morgan fingerprint density at radius 1 is 1.09 bits per heavy atom. The van der Waals surface area contributed by atoms with Crippen LogP contribution < -0.4 is 0 Å². The van der Waals surface area contributed by atoms with E-state index in [-0.39, 0.29) is 17.8 Å². The van der Waals surface area contributed by atoms with E-state index in [1.54, 1.807) is 35.2 Å². The molecule has 1 fully saturated rings. The highest BCUT2D eigenvalue weighted by atomic mass is 32.1. The molecule has 0 N–H and O–H groups in total. The molecule has 0 radical (unpaired) electrons. The molecule has 5 rings (SSSR count). The second-order valence-electron chi connectivity index (χ2n) is 8.42. The quantitative estimate of drug-likeness (QED) is 0.390. The Kier molecular flexibility index (Phi) is 6.05. The molecule has 0 spiro atoms. The molecule has 1 saturated heterocycles. The van der Waals surface area contributed by atoms with Gasteiger partial charge in [-0.3, -0.25) is 9.48 Å². The number of thiazole rings is 1. The zero-order chi connectivity index (χ0) is 22.8. The van der Waals surface area contributed by atoms with Crippen molar-refractivity contribution in [3.05, 3.63) is 82.7 Å². The number of benzene rings is 2. The van der Waals surface area contributed by atoms with Gasteiger partial charge in [0.15, 0.2) is 5.69 Å². The van der Waals surface area contributed by atoms with Crippen LogP contribution in [0.2, 0.25) is 0 Å². The fourth-order valence-corrected chi connectivity index (χ4v) is 5.33. The predicted molar refractivity (Wildman–Crippen MR) is 129 cm³/mol. The van der Waals surface area contributed by atoms with Crippen LogP contribution in [-0.2, 0) is 13.5 Å². The van der Waals surface area contributed by atoms with Gasteiger partial charge in [0.2, 0.25) is 0 Å². The van der Waals surface area contributed by atoms with Crippen LogP contribution in [0.15, 0.2) is 66.2 Å². The number of halogens is 1. The third kappa shape index (κ3) is 4.59. The van der Waals surface area contributed by atoms with Crippen LogP contribution in [-0.4, -0.2) is 38.2 Å². The van der Waals surface area contributed by atoms with Crippen LogP contribution in [0.25, 0.3) is 22.4 Å². The lowest BCUT2D eigenvalue weighted by Gasteiger charge is -2.35. The number of carbonyl (C=O) groups excluding carboxylic acids is 1. The Labute approximate surface area is 196 Å². The van der Waals surface area contributed by atoms with Gasteiger partial charge in [-0.05, 0) is 37.0 Å². The van der Waals surface area contributed by atoms with Gasteiger partial charge in [0.05, 0.1) is 10.7 Å². The molecule has 1 atom stereocenters. The van der Waals surface area contributed by atoms with Gasteiger partial charge in [-0.2, -0.15) is 5.10 Å². The number of rotatable bonds is 5. The highest BCUT2D eigenvalue weighted by Gasteiger charge is 2.31. The molecule has 0 saturated carbocycles. The van der Waals surface area contributed by atoms with Gasteiger partial charge in [-0.1, -0.05) is 42.5 Å². The first-order valence-corrected chi connectivity index (χ1v) is 12.1. The third-order valence-electron chi connectivity index (χ3n) is 6.11. The zero-order valence-corrected chi connectivity index (χ0v) is 19.3. The zero-order valence-electron chi connectivity index (χ0n) is 18.4. The summed E-state index contributed by atoms with van der Waals surface area (Å²) < 4.78 is 15.1. The Morgan fingerprint density at radius 2 is 1.88 bits per heavy atom. The van der Waals surface area contributed by atoms with E-state index in [1.165, 1.54) is 12.1 Å². The van der Waals surface area contributed by atoms with Crippen molar-refractivity contribution in [1.82, 2.24) is 19.7 Å². The van der Waals surface area contributed by atoms with Gasteiger partial charge < -0.3 is 4.90 Å². The molecule has 5 nitrogen and oxygen atoms in total. The molecule has 1 aliphatic heterocycles. The summed E-state index contributed by atoms with van der Waals surface area (Å²) >= 11 is 1.65. The maximum atomic E-state index is 13.7. The van der Waals surface area contributed by atoms with Crippen molar-refractivity contribution in [2.75, 3.05) is 6.54 Å². The predicted octanol–water partition coefficient (Wildman–Crippen LogP) is 5.59. The lowest BCUT2D eigenvalue weighted by Crippen LogP contribution is -2.45. The summed E-state index contributed by atoms with van der Waals surface area (Å²) in [7, 11) is 1.80. The van der Waals surface area contributed by atoms with E-state index in [4.69, 9.17) is 4.98 Å². The van der Waals surface area contributed by atoms with E-state index in [0.717, 1.165) is 53.1 Å². The van der Waals surface area contributed by atoms with Crippen molar-refractivity contribution in [1.29, 1.82) is 0 Å². The van der Waals surface area contributed by atoms with Crippen molar-refractivity contribution < 1.29 is 9.18 Å². The Morgan fingerprint density at radius 3 is 2.67 bits per heavy atom. The van der Waals surface area contributed by atoms with Gasteiger partial charge in [0, 0.05) is 48.8 Å². The van der Waals surface area contributed by atoms with Crippen LogP contribution in [0.1, 0.15) is 34.8 Å². The normalized spacial score (nSPS) is 16.2. The smallest absolute Gasteiger partial charge is 0.275 e. The largest absolute Gasteiger partial charge is 0.334 e. The van der Waals surface area contributed by atoms with Crippen LogP contribution in [0.4, 0.5) is 4.39 Å². The highest BCUT2D eigenvalue weighted by Crippen LogP contribution is 2.29. The molecule has 1 unspecified atom stereocenters. The first kappa shape index (κ1) is 21.5. The Hall–Kier alpha value is -3.32. The van der Waals surface area contributed by atoms with Gasteiger partial charge in [0.25, 0.3) is 5.91 Å². The fraction of sp³-hybridized carbons (Fsp3) is 0.269. The minimum Gasteiger partial charge on any atom is -0.334 e.